The van der Waals surface area contributed by atoms with E-state index in [1.165, 1.54) is 6.20 Å². The first kappa shape index (κ1) is 13.7. The molecule has 0 aliphatic carbocycles. The number of halogens is 4. The predicted molar refractivity (Wildman–Crippen MR) is 64.6 cm³/mol. The molecular weight excluding hydrogens is 279 g/mol. The summed E-state index contributed by atoms with van der Waals surface area (Å²) in [5.41, 5.74) is 0.0872. The second kappa shape index (κ2) is 5.13. The number of rotatable bonds is 2. The highest BCUT2D eigenvalue weighted by Crippen LogP contribution is 2.32. The first-order chi connectivity index (χ1) is 8.93. The molecule has 0 saturated heterocycles. The first-order valence-electron chi connectivity index (χ1n) is 5.33. The van der Waals surface area contributed by atoms with E-state index in [0.717, 1.165) is 6.20 Å². The molecule has 0 atom stereocenters. The summed E-state index contributed by atoms with van der Waals surface area (Å²) in [7, 11) is 0. The molecule has 0 bridgehead atoms. The van der Waals surface area contributed by atoms with Crippen molar-refractivity contribution >= 4 is 11.6 Å². The largest absolute Gasteiger partial charge is 0.433 e. The van der Waals surface area contributed by atoms with Gasteiger partial charge in [0.1, 0.15) is 0 Å². The van der Waals surface area contributed by atoms with E-state index < -0.39 is 11.9 Å². The normalized spacial score (nSPS) is 11.6. The summed E-state index contributed by atoms with van der Waals surface area (Å²) < 4.78 is 38.6. The Labute approximate surface area is 112 Å². The Kier molecular flexibility index (Phi) is 3.71. The number of alkyl halides is 4. The van der Waals surface area contributed by atoms with Crippen LogP contribution in [0.15, 0.2) is 24.7 Å². The molecule has 0 aromatic carbocycles. The molecule has 0 amide bonds. The summed E-state index contributed by atoms with van der Waals surface area (Å²) in [6.45, 7) is 1.73. The summed E-state index contributed by atoms with van der Waals surface area (Å²) in [4.78, 5) is 11.4. The molecule has 0 radical (unpaired) electrons. The summed E-state index contributed by atoms with van der Waals surface area (Å²) in [5, 5.41) is 0. The van der Waals surface area contributed by atoms with Gasteiger partial charge in [-0.1, -0.05) is 0 Å². The van der Waals surface area contributed by atoms with Gasteiger partial charge in [0.25, 0.3) is 0 Å². The third kappa shape index (κ3) is 2.84. The number of pyridine rings is 1. The van der Waals surface area contributed by atoms with Gasteiger partial charge in [-0.3, -0.25) is 4.98 Å². The van der Waals surface area contributed by atoms with Crippen molar-refractivity contribution in [1.82, 2.24) is 15.0 Å². The van der Waals surface area contributed by atoms with E-state index in [4.69, 9.17) is 11.6 Å². The molecular formula is C12H9ClF3N3. The van der Waals surface area contributed by atoms with Crippen molar-refractivity contribution in [2.75, 3.05) is 0 Å². The molecule has 19 heavy (non-hydrogen) atoms. The Morgan fingerprint density at radius 3 is 2.58 bits per heavy atom. The predicted octanol–water partition coefficient (Wildman–Crippen LogP) is 3.60. The van der Waals surface area contributed by atoms with Crippen molar-refractivity contribution in [3.63, 3.8) is 0 Å². The van der Waals surface area contributed by atoms with Gasteiger partial charge in [-0.15, -0.1) is 11.6 Å². The summed E-state index contributed by atoms with van der Waals surface area (Å²) in [5.74, 6) is -0.272. The molecule has 2 rings (SSSR count). The lowest BCUT2D eigenvalue weighted by Crippen LogP contribution is -2.13. The Hall–Kier alpha value is -1.69. The van der Waals surface area contributed by atoms with Crippen molar-refractivity contribution in [2.45, 2.75) is 19.0 Å². The molecule has 0 N–H and O–H groups in total. The van der Waals surface area contributed by atoms with Gasteiger partial charge in [-0.2, -0.15) is 13.2 Å². The van der Waals surface area contributed by atoms with E-state index in [9.17, 15) is 13.2 Å². The van der Waals surface area contributed by atoms with Gasteiger partial charge in [0.05, 0.1) is 5.88 Å². The second-order valence-corrected chi connectivity index (χ2v) is 4.16. The van der Waals surface area contributed by atoms with Crippen molar-refractivity contribution in [3.8, 4) is 11.4 Å². The smallest absolute Gasteiger partial charge is 0.264 e. The quantitative estimate of drug-likeness (QED) is 0.792. The van der Waals surface area contributed by atoms with Crippen LogP contribution in [0, 0.1) is 6.92 Å². The zero-order valence-electron chi connectivity index (χ0n) is 9.87. The maximum Gasteiger partial charge on any atom is 0.433 e. The lowest BCUT2D eigenvalue weighted by atomic mass is 10.1. The fourth-order valence-electron chi connectivity index (χ4n) is 1.60. The third-order valence-corrected chi connectivity index (χ3v) is 2.83. The van der Waals surface area contributed by atoms with E-state index >= 15 is 0 Å². The Balaban J connectivity index is 2.59. The molecule has 0 unspecified atom stereocenters. The lowest BCUT2D eigenvalue weighted by molar-refractivity contribution is -0.141. The van der Waals surface area contributed by atoms with Gasteiger partial charge < -0.3 is 0 Å². The highest BCUT2D eigenvalue weighted by molar-refractivity contribution is 6.17. The lowest BCUT2D eigenvalue weighted by Gasteiger charge is -2.12. The van der Waals surface area contributed by atoms with E-state index in [1.807, 2.05) is 0 Å². The maximum absolute atomic E-state index is 12.9. The van der Waals surface area contributed by atoms with Crippen molar-refractivity contribution in [3.05, 3.63) is 41.5 Å². The maximum atomic E-state index is 12.9. The van der Waals surface area contributed by atoms with Crippen LogP contribution in [-0.2, 0) is 12.1 Å². The molecule has 0 spiro atoms. The minimum Gasteiger partial charge on any atom is -0.264 e. The topological polar surface area (TPSA) is 38.7 Å². The van der Waals surface area contributed by atoms with Gasteiger partial charge in [-0.05, 0) is 18.6 Å². The molecule has 0 aliphatic rings. The molecule has 2 aromatic rings. The Morgan fingerprint density at radius 1 is 1.26 bits per heavy atom. The monoisotopic (exact) mass is 287 g/mol. The van der Waals surface area contributed by atoms with Gasteiger partial charge in [0, 0.05) is 29.7 Å². The average Bonchev–Trinajstić information content (AvgIpc) is 2.37. The number of hydrogen-bond acceptors (Lipinski definition) is 3. The third-order valence-electron chi connectivity index (χ3n) is 2.54. The van der Waals surface area contributed by atoms with Crippen LogP contribution >= 0.6 is 11.6 Å². The highest BCUT2D eigenvalue weighted by Gasteiger charge is 2.36. The minimum absolute atomic E-state index is 0.0149. The summed E-state index contributed by atoms with van der Waals surface area (Å²) >= 11 is 5.48. The number of aryl methyl sites for hydroxylation is 1. The van der Waals surface area contributed by atoms with Crippen molar-refractivity contribution < 1.29 is 13.2 Å². The number of hydrogen-bond donors (Lipinski definition) is 0. The van der Waals surface area contributed by atoms with Crippen LogP contribution in [0.1, 0.15) is 16.8 Å². The Bertz CT molecular complexity index is 599. The molecule has 3 nitrogen and oxygen atoms in total. The van der Waals surface area contributed by atoms with Crippen molar-refractivity contribution in [1.29, 1.82) is 0 Å². The van der Waals surface area contributed by atoms with Gasteiger partial charge in [0.15, 0.2) is 11.5 Å². The molecule has 2 aromatic heterocycles. The molecule has 100 valence electrons. The van der Waals surface area contributed by atoms with Crippen LogP contribution in [0.3, 0.4) is 0 Å². The van der Waals surface area contributed by atoms with E-state index in [2.05, 4.69) is 15.0 Å². The van der Waals surface area contributed by atoms with Crippen LogP contribution < -0.4 is 0 Å². The van der Waals surface area contributed by atoms with Gasteiger partial charge >= 0.3 is 6.18 Å². The Morgan fingerprint density at radius 2 is 2.00 bits per heavy atom. The van der Waals surface area contributed by atoms with Crippen LogP contribution in [-0.4, -0.2) is 15.0 Å². The molecule has 0 aliphatic heterocycles. The van der Waals surface area contributed by atoms with Gasteiger partial charge in [-0.25, -0.2) is 9.97 Å². The zero-order valence-corrected chi connectivity index (χ0v) is 10.6. The van der Waals surface area contributed by atoms with E-state index in [-0.39, 0.29) is 17.3 Å². The molecule has 7 heteroatoms. The summed E-state index contributed by atoms with van der Waals surface area (Å²) in [6, 6.07) is 1.57. The van der Waals surface area contributed by atoms with Crippen LogP contribution in [0.4, 0.5) is 13.2 Å². The molecule has 2 heterocycles. The van der Waals surface area contributed by atoms with Gasteiger partial charge in [0.2, 0.25) is 0 Å². The molecule has 0 fully saturated rings. The van der Waals surface area contributed by atoms with Crippen LogP contribution in [0.25, 0.3) is 11.4 Å². The fourth-order valence-corrected chi connectivity index (χ4v) is 1.80. The number of aromatic nitrogens is 3. The van der Waals surface area contributed by atoms with Crippen LogP contribution in [0.5, 0.6) is 0 Å². The zero-order chi connectivity index (χ0) is 14.0. The average molecular weight is 288 g/mol. The summed E-state index contributed by atoms with van der Waals surface area (Å²) in [6.07, 6.45) is -0.420. The van der Waals surface area contributed by atoms with Crippen LogP contribution in [0.2, 0.25) is 0 Å². The SMILES string of the molecule is Cc1cnccc1-c1ncc(CCl)c(C(F)(F)F)n1. The highest BCUT2D eigenvalue weighted by atomic mass is 35.5. The second-order valence-electron chi connectivity index (χ2n) is 3.89. The first-order valence-corrected chi connectivity index (χ1v) is 5.87. The fraction of sp³-hybridized carbons (Fsp3) is 0.250. The van der Waals surface area contributed by atoms with E-state index in [1.54, 1.807) is 19.2 Å². The standard InChI is InChI=1S/C12H9ClF3N3/c1-7-5-17-3-2-9(7)11-18-6-8(4-13)10(19-11)12(14,15)16/h2-3,5-6H,4H2,1H3. The van der Waals surface area contributed by atoms with Crippen molar-refractivity contribution in [2.24, 2.45) is 0 Å². The molecule has 0 saturated carbocycles. The number of nitrogens with zero attached hydrogens (tertiary/aromatic N) is 3. The minimum atomic E-state index is -4.55. The van der Waals surface area contributed by atoms with E-state index in [0.29, 0.717) is 11.1 Å².